The molecular formula is C12H21N5O2. The highest BCUT2D eigenvalue weighted by atomic mass is 16.5. The summed E-state index contributed by atoms with van der Waals surface area (Å²) in [4.78, 5) is 14.9. The Hall–Kier alpha value is -1.63. The summed E-state index contributed by atoms with van der Waals surface area (Å²) in [5.41, 5.74) is 0. The minimum atomic E-state index is 0.0860. The van der Waals surface area contributed by atoms with Crippen LogP contribution in [0, 0.1) is 0 Å². The highest BCUT2D eigenvalue weighted by molar-refractivity contribution is 5.40. The zero-order valence-electron chi connectivity index (χ0n) is 11.5. The second-order valence-corrected chi connectivity index (χ2v) is 4.35. The van der Waals surface area contributed by atoms with Crippen LogP contribution in [0.4, 0.5) is 11.9 Å². The van der Waals surface area contributed by atoms with Crippen molar-refractivity contribution in [3.8, 4) is 6.01 Å². The van der Waals surface area contributed by atoms with Crippen molar-refractivity contribution in [3.05, 3.63) is 0 Å². The number of aliphatic hydroxyl groups is 1. The van der Waals surface area contributed by atoms with Gasteiger partial charge in [0.2, 0.25) is 11.9 Å². The van der Waals surface area contributed by atoms with Gasteiger partial charge in [-0.15, -0.1) is 0 Å². The maximum Gasteiger partial charge on any atom is 0.323 e. The zero-order chi connectivity index (χ0) is 13.7. The van der Waals surface area contributed by atoms with Crippen molar-refractivity contribution < 1.29 is 9.84 Å². The van der Waals surface area contributed by atoms with Gasteiger partial charge in [-0.1, -0.05) is 0 Å². The van der Waals surface area contributed by atoms with Crippen molar-refractivity contribution in [2.75, 3.05) is 36.5 Å². The molecule has 0 aromatic carbocycles. The summed E-state index contributed by atoms with van der Waals surface area (Å²) in [5, 5.41) is 12.2. The van der Waals surface area contributed by atoms with E-state index in [1.54, 1.807) is 0 Å². The Bertz CT molecular complexity index is 387. The van der Waals surface area contributed by atoms with E-state index in [9.17, 15) is 0 Å². The van der Waals surface area contributed by atoms with Crippen LogP contribution in [-0.2, 0) is 0 Å². The number of hydrogen-bond acceptors (Lipinski definition) is 7. The lowest BCUT2D eigenvalue weighted by molar-refractivity contribution is 0.298. The molecule has 1 aliphatic rings. The van der Waals surface area contributed by atoms with E-state index >= 15 is 0 Å². The molecule has 1 aliphatic carbocycles. The third kappa shape index (κ3) is 3.66. The predicted molar refractivity (Wildman–Crippen MR) is 72.6 cm³/mol. The van der Waals surface area contributed by atoms with Crippen LogP contribution < -0.4 is 15.0 Å². The maximum atomic E-state index is 9.16. The van der Waals surface area contributed by atoms with Gasteiger partial charge in [0.05, 0.1) is 13.2 Å². The van der Waals surface area contributed by atoms with Gasteiger partial charge in [-0.2, -0.15) is 15.0 Å². The second-order valence-electron chi connectivity index (χ2n) is 4.35. The molecule has 1 heterocycles. The van der Waals surface area contributed by atoms with Crippen LogP contribution in [0.15, 0.2) is 0 Å². The van der Waals surface area contributed by atoms with Crippen molar-refractivity contribution >= 4 is 11.9 Å². The van der Waals surface area contributed by atoms with Gasteiger partial charge in [-0.05, 0) is 26.7 Å². The summed E-state index contributed by atoms with van der Waals surface area (Å²) in [5.74, 6) is 1.09. The summed E-state index contributed by atoms with van der Waals surface area (Å²) >= 11 is 0. The van der Waals surface area contributed by atoms with E-state index in [-0.39, 0.29) is 6.61 Å². The number of aromatic nitrogens is 3. The van der Waals surface area contributed by atoms with Gasteiger partial charge in [0.25, 0.3) is 0 Å². The number of rotatable bonds is 8. The first-order valence-corrected chi connectivity index (χ1v) is 6.78. The van der Waals surface area contributed by atoms with Crippen molar-refractivity contribution in [2.24, 2.45) is 0 Å². The third-order valence-corrected chi connectivity index (χ3v) is 2.80. The molecule has 19 heavy (non-hydrogen) atoms. The van der Waals surface area contributed by atoms with Gasteiger partial charge < -0.3 is 20.1 Å². The predicted octanol–water partition coefficient (Wildman–Crippen LogP) is 0.663. The lowest BCUT2D eigenvalue weighted by Gasteiger charge is -2.21. The molecule has 2 N–H and O–H groups in total. The number of hydrogen-bond donors (Lipinski definition) is 2. The van der Waals surface area contributed by atoms with E-state index in [1.807, 2.05) is 18.7 Å². The molecule has 0 amide bonds. The largest absolute Gasteiger partial charge is 0.464 e. The average Bonchev–Trinajstić information content (AvgIpc) is 3.21. The van der Waals surface area contributed by atoms with Crippen LogP contribution in [-0.4, -0.2) is 52.4 Å². The Labute approximate surface area is 113 Å². The minimum Gasteiger partial charge on any atom is -0.464 e. The van der Waals surface area contributed by atoms with Crippen LogP contribution in [0.5, 0.6) is 6.01 Å². The molecule has 1 aromatic heterocycles. The molecule has 0 aliphatic heterocycles. The SMILES string of the molecule is CCNc1nc(OCC)nc(N(CCO)C2CC2)n1. The van der Waals surface area contributed by atoms with Crippen LogP contribution >= 0.6 is 0 Å². The average molecular weight is 267 g/mol. The highest BCUT2D eigenvalue weighted by Crippen LogP contribution is 2.30. The Balaban J connectivity index is 2.24. The molecule has 0 atom stereocenters. The summed E-state index contributed by atoms with van der Waals surface area (Å²) in [6, 6.07) is 0.755. The first-order chi connectivity index (χ1) is 9.28. The minimum absolute atomic E-state index is 0.0860. The van der Waals surface area contributed by atoms with Gasteiger partial charge in [-0.3, -0.25) is 0 Å². The summed E-state index contributed by atoms with van der Waals surface area (Å²) < 4.78 is 5.37. The summed E-state index contributed by atoms with van der Waals surface area (Å²) in [7, 11) is 0. The number of aliphatic hydroxyl groups excluding tert-OH is 1. The van der Waals surface area contributed by atoms with Crippen LogP contribution in [0.3, 0.4) is 0 Å². The number of nitrogens with one attached hydrogen (secondary N) is 1. The van der Waals surface area contributed by atoms with E-state index < -0.39 is 0 Å². The fourth-order valence-electron chi connectivity index (χ4n) is 1.84. The second kappa shape index (κ2) is 6.51. The topological polar surface area (TPSA) is 83.4 Å². The van der Waals surface area contributed by atoms with Crippen molar-refractivity contribution in [3.63, 3.8) is 0 Å². The fourth-order valence-corrected chi connectivity index (χ4v) is 1.84. The molecule has 1 fully saturated rings. The molecule has 7 heteroatoms. The molecule has 0 bridgehead atoms. The molecule has 0 spiro atoms. The van der Waals surface area contributed by atoms with E-state index in [2.05, 4.69) is 20.3 Å². The first kappa shape index (κ1) is 13.8. The molecule has 1 saturated carbocycles. The molecule has 0 unspecified atom stereocenters. The molecule has 1 aromatic rings. The van der Waals surface area contributed by atoms with Crippen molar-refractivity contribution in [2.45, 2.75) is 32.7 Å². The molecule has 0 radical (unpaired) electrons. The lowest BCUT2D eigenvalue weighted by Crippen LogP contribution is -2.31. The number of anilines is 2. The van der Waals surface area contributed by atoms with Gasteiger partial charge in [0, 0.05) is 19.1 Å². The Morgan fingerprint density at radius 1 is 1.32 bits per heavy atom. The van der Waals surface area contributed by atoms with E-state index in [1.165, 1.54) is 0 Å². The molecule has 0 saturated heterocycles. The van der Waals surface area contributed by atoms with Crippen LogP contribution in [0.1, 0.15) is 26.7 Å². The van der Waals surface area contributed by atoms with E-state index in [4.69, 9.17) is 9.84 Å². The molecular weight excluding hydrogens is 246 g/mol. The molecule has 106 valence electrons. The van der Waals surface area contributed by atoms with Gasteiger partial charge in [0.15, 0.2) is 0 Å². The Kier molecular flexibility index (Phi) is 4.73. The molecule has 7 nitrogen and oxygen atoms in total. The van der Waals surface area contributed by atoms with Crippen molar-refractivity contribution in [1.82, 2.24) is 15.0 Å². The summed E-state index contributed by atoms with van der Waals surface area (Å²) in [6.07, 6.45) is 2.23. The van der Waals surface area contributed by atoms with Crippen molar-refractivity contribution in [1.29, 1.82) is 0 Å². The molecule has 2 rings (SSSR count). The number of ether oxygens (including phenoxy) is 1. The smallest absolute Gasteiger partial charge is 0.323 e. The van der Waals surface area contributed by atoms with Crippen LogP contribution in [0.25, 0.3) is 0 Å². The number of nitrogens with zero attached hydrogens (tertiary/aromatic N) is 4. The maximum absolute atomic E-state index is 9.16. The van der Waals surface area contributed by atoms with Crippen LogP contribution in [0.2, 0.25) is 0 Å². The monoisotopic (exact) mass is 267 g/mol. The van der Waals surface area contributed by atoms with E-state index in [0.29, 0.717) is 37.1 Å². The quantitative estimate of drug-likeness (QED) is 0.716. The first-order valence-electron chi connectivity index (χ1n) is 6.78. The van der Waals surface area contributed by atoms with Gasteiger partial charge >= 0.3 is 6.01 Å². The lowest BCUT2D eigenvalue weighted by atomic mass is 10.5. The highest BCUT2D eigenvalue weighted by Gasteiger charge is 2.31. The van der Waals surface area contributed by atoms with Gasteiger partial charge in [0.1, 0.15) is 0 Å². The normalized spacial score (nSPS) is 14.3. The van der Waals surface area contributed by atoms with E-state index in [0.717, 1.165) is 19.4 Å². The zero-order valence-corrected chi connectivity index (χ0v) is 11.5. The van der Waals surface area contributed by atoms with Gasteiger partial charge in [-0.25, -0.2) is 0 Å². The fraction of sp³-hybridized carbons (Fsp3) is 0.750. The third-order valence-electron chi connectivity index (χ3n) is 2.80. The Morgan fingerprint density at radius 2 is 2.11 bits per heavy atom. The Morgan fingerprint density at radius 3 is 2.68 bits per heavy atom. The standard InChI is InChI=1S/C12H21N5O2/c1-3-13-10-14-11(16-12(15-10)19-4-2)17(7-8-18)9-5-6-9/h9,18H,3-8H2,1-2H3,(H,13,14,15,16). The summed E-state index contributed by atoms with van der Waals surface area (Å²) in [6.45, 7) is 5.74.